The Balaban J connectivity index is 1.91. The van der Waals surface area contributed by atoms with Gasteiger partial charge in [-0.25, -0.2) is 8.42 Å². The predicted molar refractivity (Wildman–Crippen MR) is 76.9 cm³/mol. The molecule has 3 rings (SSSR count). The van der Waals surface area contributed by atoms with Crippen molar-refractivity contribution in [2.24, 2.45) is 0 Å². The minimum atomic E-state index is -3.39. The summed E-state index contributed by atoms with van der Waals surface area (Å²) in [5, 5.41) is 0.322. The van der Waals surface area contributed by atoms with E-state index in [9.17, 15) is 8.42 Å². The molecule has 0 radical (unpaired) electrons. The Hall–Kier alpha value is -0.840. The van der Waals surface area contributed by atoms with Crippen molar-refractivity contribution >= 4 is 27.5 Å². The lowest BCUT2D eigenvalue weighted by Gasteiger charge is -2.26. The molecule has 5 heteroatoms. The molecule has 19 heavy (non-hydrogen) atoms. The van der Waals surface area contributed by atoms with Crippen LogP contribution in [0.3, 0.4) is 0 Å². The average molecular weight is 298 g/mol. The summed E-state index contributed by atoms with van der Waals surface area (Å²) in [7, 11) is -3.39. The normalized spacial score (nSPS) is 22.1. The number of hydrogen-bond acceptors (Lipinski definition) is 3. The maximum atomic E-state index is 12.5. The smallest absolute Gasteiger partial charge is 0.206 e. The average Bonchev–Trinajstić information content (AvgIpc) is 2.63. The van der Waals surface area contributed by atoms with E-state index < -0.39 is 9.84 Å². The van der Waals surface area contributed by atoms with E-state index in [0.29, 0.717) is 16.5 Å². The first-order valence-corrected chi connectivity index (χ1v) is 8.42. The first kappa shape index (κ1) is 13.2. The summed E-state index contributed by atoms with van der Waals surface area (Å²) in [5.41, 5.74) is 0.722. The topological polar surface area (TPSA) is 37.4 Å². The molecular formula is C14H16ClNO2S. The Morgan fingerprint density at radius 3 is 2.58 bits per heavy atom. The van der Waals surface area contributed by atoms with Crippen LogP contribution in [0.4, 0.5) is 0 Å². The molecule has 2 heterocycles. The largest absolute Gasteiger partial charge is 0.298 e. The minimum absolute atomic E-state index is 0.281. The number of benzene rings is 1. The third-order valence-corrected chi connectivity index (χ3v) is 6.11. The molecule has 102 valence electrons. The van der Waals surface area contributed by atoms with E-state index in [1.165, 1.54) is 6.42 Å². The molecule has 1 saturated heterocycles. The lowest BCUT2D eigenvalue weighted by Crippen LogP contribution is -2.32. The van der Waals surface area contributed by atoms with Gasteiger partial charge in [0.1, 0.15) is 0 Å². The van der Waals surface area contributed by atoms with Crippen LogP contribution in [-0.2, 0) is 9.84 Å². The first-order chi connectivity index (χ1) is 9.09. The molecule has 1 aromatic carbocycles. The van der Waals surface area contributed by atoms with E-state index >= 15 is 0 Å². The fourth-order valence-corrected chi connectivity index (χ4v) is 4.92. The number of hydrogen-bond donors (Lipinski definition) is 0. The number of halogens is 1. The van der Waals surface area contributed by atoms with Gasteiger partial charge in [0.25, 0.3) is 0 Å². The highest BCUT2D eigenvalue weighted by Crippen LogP contribution is 2.37. The number of nitrogens with zero attached hydrogens (tertiary/aromatic N) is 1. The highest BCUT2D eigenvalue weighted by molar-refractivity contribution is 7.96. The second-order valence-corrected chi connectivity index (χ2v) is 7.46. The molecule has 3 nitrogen and oxygen atoms in total. The van der Waals surface area contributed by atoms with E-state index in [1.807, 2.05) is 6.07 Å². The zero-order valence-corrected chi connectivity index (χ0v) is 12.2. The number of fused-ring (bicyclic) bond motifs is 1. The van der Waals surface area contributed by atoms with Gasteiger partial charge in [-0.2, -0.15) is 0 Å². The third kappa shape index (κ3) is 2.33. The highest BCUT2D eigenvalue weighted by Gasteiger charge is 2.32. The maximum absolute atomic E-state index is 12.5. The fraction of sp³-hybridized carbons (Fsp3) is 0.429. The molecule has 0 aromatic heterocycles. The van der Waals surface area contributed by atoms with Crippen LogP contribution in [0.1, 0.15) is 24.8 Å². The molecule has 0 atom stereocenters. The number of piperidine rings is 1. The van der Waals surface area contributed by atoms with E-state index in [-0.39, 0.29) is 4.90 Å². The quantitative estimate of drug-likeness (QED) is 0.842. The number of rotatable bonds is 2. The van der Waals surface area contributed by atoms with Crippen LogP contribution in [0.25, 0.3) is 6.08 Å². The lowest BCUT2D eigenvalue weighted by molar-refractivity contribution is 0.250. The summed E-state index contributed by atoms with van der Waals surface area (Å²) in [6.07, 6.45) is 5.32. The van der Waals surface area contributed by atoms with Crippen molar-refractivity contribution in [2.45, 2.75) is 24.2 Å². The van der Waals surface area contributed by atoms with Gasteiger partial charge in [0.05, 0.1) is 14.8 Å². The number of sulfone groups is 1. The van der Waals surface area contributed by atoms with Gasteiger partial charge >= 0.3 is 0 Å². The Labute approximate surface area is 118 Å². The fourth-order valence-electron chi connectivity index (χ4n) is 2.77. The summed E-state index contributed by atoms with van der Waals surface area (Å²) in [5.74, 6) is 0. The maximum Gasteiger partial charge on any atom is 0.206 e. The van der Waals surface area contributed by atoms with Gasteiger partial charge in [0.15, 0.2) is 0 Å². The summed E-state index contributed by atoms with van der Waals surface area (Å²) in [4.78, 5) is 2.98. The van der Waals surface area contributed by atoms with Crippen molar-refractivity contribution in [2.75, 3.05) is 19.6 Å². The van der Waals surface area contributed by atoms with Gasteiger partial charge in [-0.05, 0) is 43.6 Å². The van der Waals surface area contributed by atoms with E-state index in [1.54, 1.807) is 18.2 Å². The molecule has 0 aliphatic carbocycles. The van der Waals surface area contributed by atoms with E-state index in [0.717, 1.165) is 31.5 Å². The van der Waals surface area contributed by atoms with Crippen LogP contribution in [0.2, 0.25) is 5.02 Å². The molecule has 0 spiro atoms. The molecule has 2 aliphatic heterocycles. The molecule has 2 aliphatic rings. The Morgan fingerprint density at radius 1 is 1.16 bits per heavy atom. The van der Waals surface area contributed by atoms with Gasteiger partial charge < -0.3 is 0 Å². The molecule has 1 aromatic rings. The molecule has 0 amide bonds. The van der Waals surface area contributed by atoms with Gasteiger partial charge in [0, 0.05) is 6.54 Å². The lowest BCUT2D eigenvalue weighted by atomic mass is 10.1. The second kappa shape index (κ2) is 4.93. The van der Waals surface area contributed by atoms with E-state index in [2.05, 4.69) is 4.90 Å². The molecule has 1 fully saturated rings. The van der Waals surface area contributed by atoms with Crippen molar-refractivity contribution in [3.63, 3.8) is 0 Å². The summed E-state index contributed by atoms with van der Waals surface area (Å²) >= 11 is 6.04. The van der Waals surface area contributed by atoms with Gasteiger partial charge in [-0.3, -0.25) is 4.90 Å². The van der Waals surface area contributed by atoms with Crippen LogP contribution < -0.4 is 0 Å². The zero-order valence-electron chi connectivity index (χ0n) is 10.6. The van der Waals surface area contributed by atoms with Crippen LogP contribution in [0, 0.1) is 0 Å². The predicted octanol–water partition coefficient (Wildman–Crippen LogP) is 2.95. The molecule has 0 N–H and O–H groups in total. The third-order valence-electron chi connectivity index (χ3n) is 3.76. The van der Waals surface area contributed by atoms with Gasteiger partial charge in [0.2, 0.25) is 9.84 Å². The Kier molecular flexibility index (Phi) is 3.41. The summed E-state index contributed by atoms with van der Waals surface area (Å²) in [6.45, 7) is 2.47. The summed E-state index contributed by atoms with van der Waals surface area (Å²) in [6, 6.07) is 5.23. The van der Waals surface area contributed by atoms with Crippen molar-refractivity contribution in [1.82, 2.24) is 4.90 Å². The van der Waals surface area contributed by atoms with Crippen molar-refractivity contribution in [3.05, 3.63) is 33.7 Å². The molecular weight excluding hydrogens is 282 g/mol. The van der Waals surface area contributed by atoms with Crippen LogP contribution in [0.5, 0.6) is 0 Å². The molecule has 0 bridgehead atoms. The monoisotopic (exact) mass is 297 g/mol. The van der Waals surface area contributed by atoms with Crippen molar-refractivity contribution in [3.8, 4) is 0 Å². The zero-order chi connectivity index (χ0) is 13.5. The van der Waals surface area contributed by atoms with Gasteiger partial charge in [-0.1, -0.05) is 30.2 Å². The number of likely N-dealkylation sites (tertiary alicyclic amines) is 1. The van der Waals surface area contributed by atoms with Gasteiger partial charge in [-0.15, -0.1) is 0 Å². The molecule has 0 saturated carbocycles. The van der Waals surface area contributed by atoms with Crippen molar-refractivity contribution in [1.29, 1.82) is 0 Å². The summed E-state index contributed by atoms with van der Waals surface area (Å²) < 4.78 is 25.0. The SMILES string of the molecule is O=S1(=O)C(CN2CCCCC2)=Cc2cccc(Cl)c21. The molecule has 0 unspecified atom stereocenters. The van der Waals surface area contributed by atoms with E-state index in [4.69, 9.17) is 11.6 Å². The van der Waals surface area contributed by atoms with Crippen LogP contribution >= 0.6 is 11.6 Å². The van der Waals surface area contributed by atoms with Crippen LogP contribution in [-0.4, -0.2) is 33.0 Å². The Morgan fingerprint density at radius 2 is 1.89 bits per heavy atom. The standard InChI is InChI=1S/C14H16ClNO2S/c15-13-6-4-5-11-9-12(19(17,18)14(11)13)10-16-7-2-1-3-8-16/h4-6,9H,1-3,7-8,10H2. The second-order valence-electron chi connectivity index (χ2n) is 5.11. The van der Waals surface area contributed by atoms with Crippen molar-refractivity contribution < 1.29 is 8.42 Å². The first-order valence-electron chi connectivity index (χ1n) is 6.55. The minimum Gasteiger partial charge on any atom is -0.298 e. The highest BCUT2D eigenvalue weighted by atomic mass is 35.5. The Bertz CT molecular complexity index is 631. The van der Waals surface area contributed by atoms with Crippen LogP contribution in [0.15, 0.2) is 28.0 Å².